The molecule has 30 heavy (non-hydrogen) atoms. The minimum absolute atomic E-state index is 0.0964. The summed E-state index contributed by atoms with van der Waals surface area (Å²) in [7, 11) is 0. The number of rotatable bonds is 10. The molecule has 3 rings (SSSR count). The standard InChI is InChI=1S/C24H29BrFN3O/c1-3-5-9-14-28(24(30)18-12-13-20(26)19(25)16-18)17-23-27-21-10-7-8-11-22(21)29(23)15-6-4-2/h7-8,10-13,16H,3-6,9,14-15,17H2,1-2H3. The number of aromatic nitrogens is 2. The molecule has 3 aromatic rings. The molecule has 0 saturated heterocycles. The summed E-state index contributed by atoms with van der Waals surface area (Å²) in [6, 6.07) is 12.6. The molecule has 0 saturated carbocycles. The third kappa shape index (κ3) is 5.28. The Morgan fingerprint density at radius 2 is 1.87 bits per heavy atom. The Morgan fingerprint density at radius 1 is 1.10 bits per heavy atom. The van der Waals surface area contributed by atoms with E-state index >= 15 is 0 Å². The Balaban J connectivity index is 1.92. The van der Waals surface area contributed by atoms with E-state index < -0.39 is 0 Å². The van der Waals surface area contributed by atoms with Crippen molar-refractivity contribution in [3.63, 3.8) is 0 Å². The van der Waals surface area contributed by atoms with Crippen LogP contribution in [0.5, 0.6) is 0 Å². The quantitative estimate of drug-likeness (QED) is 0.312. The van der Waals surface area contributed by atoms with Gasteiger partial charge in [0.1, 0.15) is 11.6 Å². The smallest absolute Gasteiger partial charge is 0.254 e. The fraction of sp³-hybridized carbons (Fsp3) is 0.417. The molecule has 0 aliphatic rings. The zero-order chi connectivity index (χ0) is 21.5. The van der Waals surface area contributed by atoms with Crippen LogP contribution in [0.15, 0.2) is 46.9 Å². The average molecular weight is 474 g/mol. The lowest BCUT2D eigenvalue weighted by molar-refractivity contribution is 0.0734. The Morgan fingerprint density at radius 3 is 2.60 bits per heavy atom. The molecule has 1 amide bonds. The van der Waals surface area contributed by atoms with Gasteiger partial charge in [-0.2, -0.15) is 0 Å². The van der Waals surface area contributed by atoms with E-state index in [2.05, 4.69) is 40.4 Å². The predicted molar refractivity (Wildman–Crippen MR) is 123 cm³/mol. The zero-order valence-corrected chi connectivity index (χ0v) is 19.3. The van der Waals surface area contributed by atoms with Crippen LogP contribution in [0.1, 0.15) is 62.1 Å². The number of imidazole rings is 1. The second kappa shape index (κ2) is 10.7. The van der Waals surface area contributed by atoms with E-state index in [4.69, 9.17) is 4.98 Å². The highest BCUT2D eigenvalue weighted by molar-refractivity contribution is 9.10. The molecule has 6 heteroatoms. The molecule has 1 aromatic heterocycles. The van der Waals surface area contributed by atoms with Crippen molar-refractivity contribution in [2.45, 2.75) is 59.0 Å². The molecule has 4 nitrogen and oxygen atoms in total. The fourth-order valence-corrected chi connectivity index (χ4v) is 3.98. The summed E-state index contributed by atoms with van der Waals surface area (Å²) >= 11 is 3.20. The van der Waals surface area contributed by atoms with Crippen LogP contribution in [-0.4, -0.2) is 26.9 Å². The van der Waals surface area contributed by atoms with Gasteiger partial charge in [-0.3, -0.25) is 4.79 Å². The first-order valence-corrected chi connectivity index (χ1v) is 11.5. The first-order valence-electron chi connectivity index (χ1n) is 10.7. The zero-order valence-electron chi connectivity index (χ0n) is 17.7. The van der Waals surface area contributed by atoms with Crippen LogP contribution in [0.4, 0.5) is 4.39 Å². The van der Waals surface area contributed by atoms with Gasteiger partial charge in [0.25, 0.3) is 5.91 Å². The highest BCUT2D eigenvalue weighted by atomic mass is 79.9. The molecular formula is C24H29BrFN3O. The number of benzene rings is 2. The van der Waals surface area contributed by atoms with Crippen LogP contribution < -0.4 is 0 Å². The molecule has 0 spiro atoms. The largest absolute Gasteiger partial charge is 0.331 e. The second-order valence-corrected chi connectivity index (χ2v) is 8.44. The van der Waals surface area contributed by atoms with Gasteiger partial charge in [-0.25, -0.2) is 9.37 Å². The van der Waals surface area contributed by atoms with Crippen molar-refractivity contribution in [2.75, 3.05) is 6.54 Å². The number of halogens is 2. The normalized spacial score (nSPS) is 11.2. The van der Waals surface area contributed by atoms with Gasteiger partial charge in [0.2, 0.25) is 0 Å². The molecule has 0 aliphatic carbocycles. The summed E-state index contributed by atoms with van der Waals surface area (Å²) in [6.07, 6.45) is 5.22. The highest BCUT2D eigenvalue weighted by Gasteiger charge is 2.20. The topological polar surface area (TPSA) is 38.1 Å². The van der Waals surface area contributed by atoms with E-state index in [1.165, 1.54) is 6.07 Å². The van der Waals surface area contributed by atoms with Crippen molar-refractivity contribution in [3.8, 4) is 0 Å². The van der Waals surface area contributed by atoms with Crippen molar-refractivity contribution in [2.24, 2.45) is 0 Å². The number of unbranched alkanes of at least 4 members (excludes halogenated alkanes) is 3. The molecule has 0 bridgehead atoms. The molecule has 1 heterocycles. The number of aryl methyl sites for hydroxylation is 1. The van der Waals surface area contributed by atoms with Crippen molar-refractivity contribution >= 4 is 32.9 Å². The number of hydrogen-bond donors (Lipinski definition) is 0. The molecule has 2 aromatic carbocycles. The van der Waals surface area contributed by atoms with Gasteiger partial charge >= 0.3 is 0 Å². The van der Waals surface area contributed by atoms with Crippen LogP contribution in [0.3, 0.4) is 0 Å². The van der Waals surface area contributed by atoms with Crippen molar-refractivity contribution in [1.29, 1.82) is 0 Å². The maximum absolute atomic E-state index is 13.7. The van der Waals surface area contributed by atoms with Crippen LogP contribution >= 0.6 is 15.9 Å². The Bertz CT molecular complexity index is 1000. The minimum Gasteiger partial charge on any atom is -0.331 e. The lowest BCUT2D eigenvalue weighted by atomic mass is 10.1. The maximum Gasteiger partial charge on any atom is 0.254 e. The van der Waals surface area contributed by atoms with E-state index in [1.807, 2.05) is 23.1 Å². The first kappa shape index (κ1) is 22.5. The fourth-order valence-electron chi connectivity index (χ4n) is 3.60. The van der Waals surface area contributed by atoms with E-state index in [-0.39, 0.29) is 11.7 Å². The number of carbonyl (C=O) groups excluding carboxylic acids is 1. The van der Waals surface area contributed by atoms with Gasteiger partial charge in [0.15, 0.2) is 0 Å². The van der Waals surface area contributed by atoms with Gasteiger partial charge in [-0.1, -0.05) is 45.2 Å². The van der Waals surface area contributed by atoms with Crippen LogP contribution in [-0.2, 0) is 13.1 Å². The van der Waals surface area contributed by atoms with Gasteiger partial charge in [-0.05, 0) is 59.1 Å². The average Bonchev–Trinajstić information content (AvgIpc) is 3.10. The number of para-hydroxylation sites is 2. The summed E-state index contributed by atoms with van der Waals surface area (Å²) < 4.78 is 16.2. The van der Waals surface area contributed by atoms with E-state index in [0.717, 1.165) is 55.5 Å². The maximum atomic E-state index is 13.7. The Labute approximate surface area is 186 Å². The summed E-state index contributed by atoms with van der Waals surface area (Å²) in [5.74, 6) is 0.432. The molecule has 0 unspecified atom stereocenters. The lowest BCUT2D eigenvalue weighted by Gasteiger charge is -2.23. The van der Waals surface area contributed by atoms with Crippen molar-refractivity contribution < 1.29 is 9.18 Å². The molecule has 160 valence electrons. The third-order valence-electron chi connectivity index (χ3n) is 5.29. The molecular weight excluding hydrogens is 445 g/mol. The molecule has 0 aliphatic heterocycles. The monoisotopic (exact) mass is 473 g/mol. The lowest BCUT2D eigenvalue weighted by Crippen LogP contribution is -2.32. The van der Waals surface area contributed by atoms with Crippen molar-refractivity contribution in [1.82, 2.24) is 14.5 Å². The Hall–Kier alpha value is -2.21. The molecule has 0 fully saturated rings. The van der Waals surface area contributed by atoms with E-state index in [0.29, 0.717) is 23.1 Å². The highest BCUT2D eigenvalue weighted by Crippen LogP contribution is 2.22. The van der Waals surface area contributed by atoms with Crippen LogP contribution in [0, 0.1) is 5.82 Å². The summed E-state index contributed by atoms with van der Waals surface area (Å²) in [5, 5.41) is 0. The van der Waals surface area contributed by atoms with Gasteiger partial charge in [-0.15, -0.1) is 0 Å². The van der Waals surface area contributed by atoms with E-state index in [9.17, 15) is 9.18 Å². The summed E-state index contributed by atoms with van der Waals surface area (Å²) in [6.45, 7) is 6.29. The first-order chi connectivity index (χ1) is 14.5. The van der Waals surface area contributed by atoms with E-state index in [1.54, 1.807) is 12.1 Å². The van der Waals surface area contributed by atoms with Gasteiger partial charge in [0.05, 0.1) is 22.1 Å². The van der Waals surface area contributed by atoms with Crippen LogP contribution in [0.2, 0.25) is 0 Å². The number of amides is 1. The van der Waals surface area contributed by atoms with Gasteiger partial charge in [0, 0.05) is 18.7 Å². The molecule has 0 atom stereocenters. The van der Waals surface area contributed by atoms with Crippen LogP contribution in [0.25, 0.3) is 11.0 Å². The Kier molecular flexibility index (Phi) is 8.02. The predicted octanol–water partition coefficient (Wildman–Crippen LogP) is 6.57. The minimum atomic E-state index is -0.370. The second-order valence-electron chi connectivity index (χ2n) is 7.58. The molecule has 0 radical (unpaired) electrons. The summed E-state index contributed by atoms with van der Waals surface area (Å²) in [4.78, 5) is 20.0. The molecule has 0 N–H and O–H groups in total. The van der Waals surface area contributed by atoms with Gasteiger partial charge < -0.3 is 9.47 Å². The number of hydrogen-bond acceptors (Lipinski definition) is 2. The summed E-state index contributed by atoms with van der Waals surface area (Å²) in [5.41, 5.74) is 2.54. The number of fused-ring (bicyclic) bond motifs is 1. The number of nitrogens with zero attached hydrogens (tertiary/aromatic N) is 3. The number of carbonyl (C=O) groups is 1. The SMILES string of the molecule is CCCCCN(Cc1nc2ccccc2n1CCCC)C(=O)c1ccc(F)c(Br)c1. The van der Waals surface area contributed by atoms with Crippen molar-refractivity contribution in [3.05, 3.63) is 64.1 Å². The third-order valence-corrected chi connectivity index (χ3v) is 5.89.